The van der Waals surface area contributed by atoms with Crippen LogP contribution >= 0.6 is 0 Å². The van der Waals surface area contributed by atoms with Crippen molar-refractivity contribution in [1.82, 2.24) is 9.97 Å². The van der Waals surface area contributed by atoms with E-state index in [1.54, 1.807) is 0 Å². The van der Waals surface area contributed by atoms with Gasteiger partial charge in [0.1, 0.15) is 12.1 Å². The lowest BCUT2D eigenvalue weighted by Gasteiger charge is -2.00. The van der Waals surface area contributed by atoms with E-state index in [4.69, 9.17) is 5.11 Å². The Morgan fingerprint density at radius 3 is 2.86 bits per heavy atom. The first-order chi connectivity index (χ1) is 6.70. The van der Waals surface area contributed by atoms with E-state index in [1.165, 1.54) is 18.2 Å². The number of carboxylic acids is 1. The average Bonchev–Trinajstić information content (AvgIpc) is 2.17. The number of halogens is 1. The van der Waals surface area contributed by atoms with Crippen LogP contribution in [-0.4, -0.2) is 21.0 Å². The van der Waals surface area contributed by atoms with Gasteiger partial charge in [-0.3, -0.25) is 0 Å². The fourth-order valence-corrected chi connectivity index (χ4v) is 1.23. The van der Waals surface area contributed by atoms with Gasteiger partial charge in [0.15, 0.2) is 5.69 Å². The molecule has 4 nitrogen and oxygen atoms in total. The molecule has 0 amide bonds. The summed E-state index contributed by atoms with van der Waals surface area (Å²) in [5.74, 6) is -1.89. The van der Waals surface area contributed by atoms with Gasteiger partial charge in [-0.15, -0.1) is 0 Å². The fourth-order valence-electron chi connectivity index (χ4n) is 1.23. The zero-order valence-corrected chi connectivity index (χ0v) is 6.94. The molecule has 0 atom stereocenters. The van der Waals surface area contributed by atoms with Crippen LogP contribution < -0.4 is 0 Å². The molecule has 1 N–H and O–H groups in total. The number of nitrogens with zero attached hydrogens (tertiary/aromatic N) is 2. The van der Waals surface area contributed by atoms with E-state index in [0.717, 1.165) is 6.33 Å². The van der Waals surface area contributed by atoms with Gasteiger partial charge in [-0.1, -0.05) is 6.07 Å². The Kier molecular flexibility index (Phi) is 1.85. The van der Waals surface area contributed by atoms with Crippen molar-refractivity contribution in [2.75, 3.05) is 0 Å². The van der Waals surface area contributed by atoms with Crippen LogP contribution in [0, 0.1) is 5.82 Å². The summed E-state index contributed by atoms with van der Waals surface area (Å²) < 4.78 is 13.3. The lowest BCUT2D eigenvalue weighted by atomic mass is 10.2. The van der Waals surface area contributed by atoms with Crippen LogP contribution in [0.4, 0.5) is 4.39 Å². The van der Waals surface area contributed by atoms with Gasteiger partial charge in [0.05, 0.1) is 10.9 Å². The van der Waals surface area contributed by atoms with E-state index in [1.807, 2.05) is 0 Å². The molecule has 1 aromatic heterocycles. The standard InChI is InChI=1S/C9H5FN2O2/c10-5-2-1-3-6-7(5)8(9(13)14)12-4-11-6/h1-4H,(H,13,14). The topological polar surface area (TPSA) is 63.1 Å². The molecule has 2 aromatic rings. The quantitative estimate of drug-likeness (QED) is 0.743. The van der Waals surface area contributed by atoms with Crippen LogP contribution in [0.2, 0.25) is 0 Å². The summed E-state index contributed by atoms with van der Waals surface area (Å²) in [6.45, 7) is 0. The van der Waals surface area contributed by atoms with Crippen LogP contribution in [0.25, 0.3) is 10.9 Å². The summed E-state index contributed by atoms with van der Waals surface area (Å²) in [5, 5.41) is 8.70. The van der Waals surface area contributed by atoms with Crippen LogP contribution in [0.3, 0.4) is 0 Å². The highest BCUT2D eigenvalue weighted by atomic mass is 19.1. The van der Waals surface area contributed by atoms with Gasteiger partial charge < -0.3 is 5.11 Å². The minimum atomic E-state index is -1.26. The highest BCUT2D eigenvalue weighted by Gasteiger charge is 2.13. The number of aromatic carboxylic acids is 1. The maximum absolute atomic E-state index is 13.3. The number of carboxylic acid groups (broad SMARTS) is 1. The number of hydrogen-bond acceptors (Lipinski definition) is 3. The van der Waals surface area contributed by atoms with Gasteiger partial charge in [-0.05, 0) is 12.1 Å². The minimum absolute atomic E-state index is 0.0532. The molecule has 0 bridgehead atoms. The Labute approximate surface area is 78.0 Å². The molecule has 0 saturated carbocycles. The highest BCUT2D eigenvalue weighted by molar-refractivity contribution is 6.00. The van der Waals surface area contributed by atoms with Crippen LogP contribution in [0.1, 0.15) is 10.5 Å². The van der Waals surface area contributed by atoms with E-state index in [9.17, 15) is 9.18 Å². The second kappa shape index (κ2) is 3.02. The average molecular weight is 192 g/mol. The largest absolute Gasteiger partial charge is 0.476 e. The lowest BCUT2D eigenvalue weighted by Crippen LogP contribution is -2.03. The fraction of sp³-hybridized carbons (Fsp3) is 0. The maximum atomic E-state index is 13.3. The predicted octanol–water partition coefficient (Wildman–Crippen LogP) is 1.47. The van der Waals surface area contributed by atoms with Gasteiger partial charge in [0, 0.05) is 0 Å². The van der Waals surface area contributed by atoms with E-state index >= 15 is 0 Å². The van der Waals surface area contributed by atoms with E-state index in [2.05, 4.69) is 9.97 Å². The number of carbonyl (C=O) groups is 1. The van der Waals surface area contributed by atoms with E-state index in [0.29, 0.717) is 0 Å². The SMILES string of the molecule is O=C(O)c1ncnc2cccc(F)c12. The molecule has 14 heavy (non-hydrogen) atoms. The van der Waals surface area contributed by atoms with Crippen LogP contribution in [0.15, 0.2) is 24.5 Å². The molecule has 0 aliphatic rings. The smallest absolute Gasteiger partial charge is 0.355 e. The van der Waals surface area contributed by atoms with Crippen molar-refractivity contribution in [3.8, 4) is 0 Å². The molecule has 0 aliphatic heterocycles. The number of aromatic nitrogens is 2. The van der Waals surface area contributed by atoms with Crippen LogP contribution in [0.5, 0.6) is 0 Å². The molecular weight excluding hydrogens is 187 g/mol. The van der Waals surface area contributed by atoms with Crippen molar-refractivity contribution >= 4 is 16.9 Å². The van der Waals surface area contributed by atoms with Crippen molar-refractivity contribution in [2.45, 2.75) is 0 Å². The summed E-state index contributed by atoms with van der Waals surface area (Å²) >= 11 is 0. The third-order valence-electron chi connectivity index (χ3n) is 1.81. The summed E-state index contributed by atoms with van der Waals surface area (Å²) in [6, 6.07) is 4.18. The number of benzene rings is 1. The van der Waals surface area contributed by atoms with E-state index in [-0.39, 0.29) is 16.6 Å². The molecule has 0 aliphatic carbocycles. The summed E-state index contributed by atoms with van der Waals surface area (Å²) in [6.07, 6.45) is 1.10. The van der Waals surface area contributed by atoms with Crippen molar-refractivity contribution < 1.29 is 14.3 Å². The minimum Gasteiger partial charge on any atom is -0.476 e. The first kappa shape index (κ1) is 8.55. The zero-order valence-electron chi connectivity index (χ0n) is 6.94. The first-order valence-corrected chi connectivity index (χ1v) is 3.82. The first-order valence-electron chi connectivity index (χ1n) is 3.82. The molecule has 0 saturated heterocycles. The van der Waals surface area contributed by atoms with Gasteiger partial charge >= 0.3 is 5.97 Å². The molecular formula is C9H5FN2O2. The highest BCUT2D eigenvalue weighted by Crippen LogP contribution is 2.17. The van der Waals surface area contributed by atoms with Crippen LogP contribution in [-0.2, 0) is 0 Å². The Morgan fingerprint density at radius 2 is 2.14 bits per heavy atom. The Balaban J connectivity index is 2.91. The third kappa shape index (κ3) is 1.19. The molecule has 1 aromatic carbocycles. The number of rotatable bonds is 1. The Hall–Kier alpha value is -2.04. The molecule has 1 heterocycles. The maximum Gasteiger partial charge on any atom is 0.355 e. The Morgan fingerprint density at radius 1 is 1.36 bits per heavy atom. The van der Waals surface area contributed by atoms with Crippen molar-refractivity contribution in [3.05, 3.63) is 36.0 Å². The van der Waals surface area contributed by atoms with E-state index < -0.39 is 11.8 Å². The van der Waals surface area contributed by atoms with Gasteiger partial charge in [-0.2, -0.15) is 0 Å². The molecule has 2 rings (SSSR count). The molecule has 0 unspecified atom stereocenters. The molecule has 70 valence electrons. The van der Waals surface area contributed by atoms with Crippen molar-refractivity contribution in [3.63, 3.8) is 0 Å². The molecule has 5 heteroatoms. The molecule has 0 radical (unpaired) electrons. The normalized spacial score (nSPS) is 10.4. The predicted molar refractivity (Wildman–Crippen MR) is 46.5 cm³/mol. The third-order valence-corrected chi connectivity index (χ3v) is 1.81. The molecule has 0 fully saturated rings. The number of fused-ring (bicyclic) bond motifs is 1. The number of hydrogen-bond donors (Lipinski definition) is 1. The van der Waals surface area contributed by atoms with Crippen molar-refractivity contribution in [1.29, 1.82) is 0 Å². The zero-order chi connectivity index (χ0) is 10.1. The summed E-state index contributed by atoms with van der Waals surface area (Å²) in [7, 11) is 0. The molecule has 0 spiro atoms. The van der Waals surface area contributed by atoms with Gasteiger partial charge in [-0.25, -0.2) is 19.2 Å². The van der Waals surface area contributed by atoms with Crippen molar-refractivity contribution in [2.24, 2.45) is 0 Å². The summed E-state index contributed by atoms with van der Waals surface area (Å²) in [5.41, 5.74) is -0.0227. The Bertz CT molecular complexity index is 508. The van der Waals surface area contributed by atoms with Gasteiger partial charge in [0.25, 0.3) is 0 Å². The second-order valence-corrected chi connectivity index (χ2v) is 2.66. The second-order valence-electron chi connectivity index (χ2n) is 2.66. The van der Waals surface area contributed by atoms with Gasteiger partial charge in [0.2, 0.25) is 0 Å². The monoisotopic (exact) mass is 192 g/mol. The lowest BCUT2D eigenvalue weighted by molar-refractivity contribution is 0.0692. The summed E-state index contributed by atoms with van der Waals surface area (Å²) in [4.78, 5) is 18.0.